The molecule has 0 N–H and O–H groups in total. The minimum atomic E-state index is 0.887. The summed E-state index contributed by atoms with van der Waals surface area (Å²) >= 11 is 7.36. The molecule has 0 aromatic heterocycles. The lowest BCUT2D eigenvalue weighted by Gasteiger charge is -2.16. The monoisotopic (exact) mass is 480 g/mol. The average molecular weight is 482 g/mol. The van der Waals surface area contributed by atoms with Gasteiger partial charge in [-0.05, 0) is 75.2 Å². The van der Waals surface area contributed by atoms with Gasteiger partial charge in [0.25, 0.3) is 0 Å². The quantitative estimate of drug-likeness (QED) is 0.259. The SMILES string of the molecule is Cc1c(CBr)cc(Cc2cc(CBr)c(C)c3ccccc23)c2ccccc12. The van der Waals surface area contributed by atoms with Crippen LogP contribution in [0.4, 0.5) is 0 Å². The van der Waals surface area contributed by atoms with Gasteiger partial charge < -0.3 is 0 Å². The fraction of sp³-hybridized carbons (Fsp3) is 0.200. The largest absolute Gasteiger partial charge is 0.0876 e. The topological polar surface area (TPSA) is 0 Å². The molecule has 0 nitrogen and oxygen atoms in total. The van der Waals surface area contributed by atoms with Gasteiger partial charge in [0.2, 0.25) is 0 Å². The predicted molar refractivity (Wildman–Crippen MR) is 125 cm³/mol. The Balaban J connectivity index is 1.96. The van der Waals surface area contributed by atoms with Crippen molar-refractivity contribution in [3.05, 3.63) is 94.0 Å². The summed E-state index contributed by atoms with van der Waals surface area (Å²) < 4.78 is 0. The molecule has 0 spiro atoms. The van der Waals surface area contributed by atoms with Gasteiger partial charge >= 0.3 is 0 Å². The van der Waals surface area contributed by atoms with Gasteiger partial charge in [-0.3, -0.25) is 0 Å². The van der Waals surface area contributed by atoms with Crippen LogP contribution in [0.3, 0.4) is 0 Å². The zero-order chi connectivity index (χ0) is 19.0. The number of rotatable bonds is 4. The Hall–Kier alpha value is -1.64. The van der Waals surface area contributed by atoms with Gasteiger partial charge in [-0.2, -0.15) is 0 Å². The van der Waals surface area contributed by atoms with Crippen molar-refractivity contribution in [1.29, 1.82) is 0 Å². The van der Waals surface area contributed by atoms with Gasteiger partial charge in [0.05, 0.1) is 0 Å². The standard InChI is InChI=1S/C25H22Br2/c1-16-20(14-26)12-18(24-9-5-3-7-22(16)24)11-19-13-21(15-27)17(2)23-8-4-6-10-25(19)23/h3-10,12-13H,11,14-15H2,1-2H3. The first-order valence-electron chi connectivity index (χ1n) is 9.26. The Morgan fingerprint density at radius 3 is 1.30 bits per heavy atom. The van der Waals surface area contributed by atoms with Crippen LogP contribution < -0.4 is 0 Å². The van der Waals surface area contributed by atoms with Crippen LogP contribution in [0.2, 0.25) is 0 Å². The molecule has 0 fully saturated rings. The highest BCUT2D eigenvalue weighted by molar-refractivity contribution is 9.08. The number of alkyl halides is 2. The molecule has 0 aliphatic heterocycles. The number of aryl methyl sites for hydroxylation is 2. The fourth-order valence-corrected chi connectivity index (χ4v) is 5.26. The predicted octanol–water partition coefficient (Wildman–Crippen LogP) is 7.99. The third kappa shape index (κ3) is 3.34. The minimum absolute atomic E-state index is 0.887. The van der Waals surface area contributed by atoms with E-state index in [4.69, 9.17) is 0 Å². The highest BCUT2D eigenvalue weighted by Gasteiger charge is 2.13. The molecule has 2 heteroatoms. The summed E-state index contributed by atoms with van der Waals surface area (Å²) in [7, 11) is 0. The van der Waals surface area contributed by atoms with Gasteiger partial charge in [-0.25, -0.2) is 0 Å². The Kier molecular flexibility index (Phi) is 5.39. The highest BCUT2D eigenvalue weighted by Crippen LogP contribution is 2.33. The molecular weight excluding hydrogens is 460 g/mol. The number of fused-ring (bicyclic) bond motifs is 2. The number of benzene rings is 4. The minimum Gasteiger partial charge on any atom is -0.0876 e. The third-order valence-corrected chi connectivity index (χ3v) is 6.89. The van der Waals surface area contributed by atoms with E-state index in [2.05, 4.69) is 106 Å². The maximum absolute atomic E-state index is 3.68. The number of hydrogen-bond donors (Lipinski definition) is 0. The van der Waals surface area contributed by atoms with Gasteiger partial charge in [0, 0.05) is 10.7 Å². The summed E-state index contributed by atoms with van der Waals surface area (Å²) in [4.78, 5) is 0. The van der Waals surface area contributed by atoms with Crippen molar-refractivity contribution in [2.75, 3.05) is 0 Å². The molecule has 0 saturated carbocycles. The van der Waals surface area contributed by atoms with Crippen molar-refractivity contribution in [3.63, 3.8) is 0 Å². The number of halogens is 2. The zero-order valence-corrected chi connectivity index (χ0v) is 18.8. The molecule has 0 bridgehead atoms. The highest BCUT2D eigenvalue weighted by atomic mass is 79.9. The van der Waals surface area contributed by atoms with E-state index in [9.17, 15) is 0 Å². The first-order valence-corrected chi connectivity index (χ1v) is 11.5. The smallest absolute Gasteiger partial charge is 0.0286 e. The van der Waals surface area contributed by atoms with Crippen LogP contribution in [0.15, 0.2) is 60.7 Å². The lowest BCUT2D eigenvalue weighted by molar-refractivity contribution is 1.19. The molecule has 27 heavy (non-hydrogen) atoms. The fourth-order valence-electron chi connectivity index (χ4n) is 4.09. The first-order chi connectivity index (χ1) is 13.1. The van der Waals surface area contributed by atoms with Crippen molar-refractivity contribution >= 4 is 53.4 Å². The maximum atomic E-state index is 3.68. The van der Waals surface area contributed by atoms with Crippen LogP contribution >= 0.6 is 31.9 Å². The van der Waals surface area contributed by atoms with E-state index < -0.39 is 0 Å². The zero-order valence-electron chi connectivity index (χ0n) is 15.7. The van der Waals surface area contributed by atoms with E-state index in [1.807, 2.05) is 0 Å². The molecular formula is C25H22Br2. The van der Waals surface area contributed by atoms with Crippen LogP contribution in [-0.2, 0) is 17.1 Å². The second-order valence-electron chi connectivity index (χ2n) is 7.17. The van der Waals surface area contributed by atoms with Crippen molar-refractivity contribution in [3.8, 4) is 0 Å². The van der Waals surface area contributed by atoms with E-state index in [1.165, 1.54) is 54.9 Å². The second-order valence-corrected chi connectivity index (χ2v) is 8.30. The molecule has 4 rings (SSSR count). The molecule has 4 aromatic carbocycles. The van der Waals surface area contributed by atoms with E-state index in [1.54, 1.807) is 0 Å². The summed E-state index contributed by atoms with van der Waals surface area (Å²) in [5, 5.41) is 7.23. The molecule has 0 atom stereocenters. The summed E-state index contributed by atoms with van der Waals surface area (Å²) in [6.07, 6.45) is 0.946. The lowest BCUT2D eigenvalue weighted by Crippen LogP contribution is -1.99. The van der Waals surface area contributed by atoms with E-state index in [-0.39, 0.29) is 0 Å². The summed E-state index contributed by atoms with van der Waals surface area (Å²) in [5.41, 5.74) is 8.31. The Morgan fingerprint density at radius 1 is 0.556 bits per heavy atom. The summed E-state index contributed by atoms with van der Waals surface area (Å²) in [6, 6.07) is 22.4. The maximum Gasteiger partial charge on any atom is 0.0286 e. The van der Waals surface area contributed by atoms with Crippen LogP contribution in [0.25, 0.3) is 21.5 Å². The van der Waals surface area contributed by atoms with Gasteiger partial charge in [-0.1, -0.05) is 92.5 Å². The van der Waals surface area contributed by atoms with Crippen molar-refractivity contribution < 1.29 is 0 Å². The third-order valence-electron chi connectivity index (χ3n) is 5.68. The molecule has 0 unspecified atom stereocenters. The van der Waals surface area contributed by atoms with E-state index in [0.717, 1.165) is 17.1 Å². The molecule has 0 radical (unpaired) electrons. The Bertz CT molecular complexity index is 1050. The van der Waals surface area contributed by atoms with Crippen molar-refractivity contribution in [2.24, 2.45) is 0 Å². The molecule has 0 aliphatic rings. The van der Waals surface area contributed by atoms with Gasteiger partial charge in [0.1, 0.15) is 0 Å². The Morgan fingerprint density at radius 2 is 0.926 bits per heavy atom. The summed E-state index contributed by atoms with van der Waals surface area (Å²) in [6.45, 7) is 4.46. The van der Waals surface area contributed by atoms with Crippen LogP contribution in [0.1, 0.15) is 33.4 Å². The van der Waals surface area contributed by atoms with Crippen LogP contribution in [0.5, 0.6) is 0 Å². The second kappa shape index (κ2) is 7.77. The van der Waals surface area contributed by atoms with Crippen LogP contribution in [0, 0.1) is 13.8 Å². The average Bonchev–Trinajstić information content (AvgIpc) is 2.72. The molecule has 0 aliphatic carbocycles. The van der Waals surface area contributed by atoms with Crippen molar-refractivity contribution in [2.45, 2.75) is 30.9 Å². The molecule has 0 saturated heterocycles. The molecule has 4 aromatic rings. The molecule has 0 heterocycles. The molecule has 136 valence electrons. The van der Waals surface area contributed by atoms with Gasteiger partial charge in [0.15, 0.2) is 0 Å². The number of hydrogen-bond acceptors (Lipinski definition) is 0. The normalized spacial score (nSPS) is 11.4. The van der Waals surface area contributed by atoms with E-state index in [0.29, 0.717) is 0 Å². The van der Waals surface area contributed by atoms with Gasteiger partial charge in [-0.15, -0.1) is 0 Å². The summed E-state index contributed by atoms with van der Waals surface area (Å²) in [5.74, 6) is 0. The first kappa shape index (κ1) is 18.7. The Labute approximate surface area is 177 Å². The van der Waals surface area contributed by atoms with Crippen molar-refractivity contribution in [1.82, 2.24) is 0 Å². The lowest BCUT2D eigenvalue weighted by atomic mass is 9.89. The van der Waals surface area contributed by atoms with Crippen LogP contribution in [-0.4, -0.2) is 0 Å². The molecule has 0 amide bonds. The van der Waals surface area contributed by atoms with E-state index >= 15 is 0 Å².